The van der Waals surface area contributed by atoms with E-state index in [1.165, 1.54) is 19.3 Å². The van der Waals surface area contributed by atoms with E-state index in [2.05, 4.69) is 34.6 Å². The van der Waals surface area contributed by atoms with Crippen LogP contribution in [0.5, 0.6) is 0 Å². The van der Waals surface area contributed by atoms with Gasteiger partial charge in [0.2, 0.25) is 0 Å². The number of rotatable bonds is 2. The fourth-order valence-corrected chi connectivity index (χ4v) is 10.3. The van der Waals surface area contributed by atoms with E-state index in [1.54, 1.807) is 0 Å². The third-order valence-electron chi connectivity index (χ3n) is 12.8. The first kappa shape index (κ1) is 24.5. The summed E-state index contributed by atoms with van der Waals surface area (Å²) in [6.07, 6.45) is 9.91. The van der Waals surface area contributed by atoms with Gasteiger partial charge in [-0.1, -0.05) is 27.7 Å². The number of aliphatic hydroxyl groups excluding tert-OH is 1. The zero-order valence-electron chi connectivity index (χ0n) is 22.3. The van der Waals surface area contributed by atoms with Crippen molar-refractivity contribution in [1.29, 1.82) is 0 Å². The minimum absolute atomic E-state index is 0.00961. The number of fused-ring (bicyclic) bond motifs is 5. The zero-order valence-corrected chi connectivity index (χ0v) is 22.3. The van der Waals surface area contributed by atoms with Crippen molar-refractivity contribution < 1.29 is 20.1 Å². The highest BCUT2D eigenvalue weighted by atomic mass is 16.5. The lowest BCUT2D eigenvalue weighted by molar-refractivity contribution is -0.240. The first-order valence-corrected chi connectivity index (χ1v) is 13.9. The maximum atomic E-state index is 12.4. The SMILES string of the molecule is CC(C)(O)C1CCC(C)(C2(O)CCC3(C)C2CCC2C4CCC(O)C(C)(C)C4CCC23C)O1. The first-order valence-electron chi connectivity index (χ1n) is 13.9. The van der Waals surface area contributed by atoms with Crippen molar-refractivity contribution in [2.45, 2.75) is 142 Å². The molecule has 0 aromatic rings. The fraction of sp³-hybridized carbons (Fsp3) is 1.00. The van der Waals surface area contributed by atoms with E-state index in [0.717, 1.165) is 44.9 Å². The van der Waals surface area contributed by atoms with Crippen LogP contribution >= 0.6 is 0 Å². The molecular formula is C29H50O4. The monoisotopic (exact) mass is 462 g/mol. The standard InChI is InChI=1S/C29H50O4/c1-24(2)19-12-14-26(5)20(18(19)8-11-22(24)30)9-10-21-27(26,6)16-17-29(21,32)28(7)15-13-23(33-28)25(3,4)31/h18-23,30-32H,8-17H2,1-7H3. The van der Waals surface area contributed by atoms with Crippen LogP contribution in [0.2, 0.25) is 0 Å². The van der Waals surface area contributed by atoms with Crippen LogP contribution in [0, 0.1) is 39.9 Å². The Kier molecular flexibility index (Phi) is 5.35. The van der Waals surface area contributed by atoms with Gasteiger partial charge in [0.15, 0.2) is 0 Å². The molecule has 190 valence electrons. The molecule has 4 nitrogen and oxygen atoms in total. The van der Waals surface area contributed by atoms with Crippen molar-refractivity contribution in [1.82, 2.24) is 0 Å². The molecule has 4 aliphatic carbocycles. The summed E-state index contributed by atoms with van der Waals surface area (Å²) in [6, 6.07) is 0. The van der Waals surface area contributed by atoms with Crippen molar-refractivity contribution in [3.05, 3.63) is 0 Å². The van der Waals surface area contributed by atoms with Crippen LogP contribution < -0.4 is 0 Å². The van der Waals surface area contributed by atoms with Gasteiger partial charge in [-0.2, -0.15) is 0 Å². The van der Waals surface area contributed by atoms with Gasteiger partial charge in [-0.15, -0.1) is 0 Å². The van der Waals surface area contributed by atoms with E-state index in [-0.39, 0.29) is 34.4 Å². The molecule has 0 spiro atoms. The quantitative estimate of drug-likeness (QED) is 0.509. The van der Waals surface area contributed by atoms with Crippen molar-refractivity contribution in [2.75, 3.05) is 0 Å². The average molecular weight is 463 g/mol. The average Bonchev–Trinajstić information content (AvgIpc) is 3.26. The first-order chi connectivity index (χ1) is 15.1. The van der Waals surface area contributed by atoms with E-state index < -0.39 is 16.8 Å². The Balaban J connectivity index is 1.45. The van der Waals surface area contributed by atoms with Crippen molar-refractivity contribution in [3.8, 4) is 0 Å². The maximum Gasteiger partial charge on any atom is 0.0967 e. The van der Waals surface area contributed by atoms with E-state index >= 15 is 0 Å². The summed E-state index contributed by atoms with van der Waals surface area (Å²) in [5.41, 5.74) is -1.95. The minimum Gasteiger partial charge on any atom is -0.393 e. The van der Waals surface area contributed by atoms with Gasteiger partial charge in [0.25, 0.3) is 0 Å². The molecule has 5 fully saturated rings. The number of aliphatic hydroxyl groups is 3. The van der Waals surface area contributed by atoms with Gasteiger partial charge in [-0.05, 0) is 125 Å². The smallest absolute Gasteiger partial charge is 0.0967 e. The summed E-state index contributed by atoms with van der Waals surface area (Å²) >= 11 is 0. The van der Waals surface area contributed by atoms with Crippen molar-refractivity contribution in [3.63, 3.8) is 0 Å². The molecule has 0 bridgehead atoms. The lowest BCUT2D eigenvalue weighted by Crippen LogP contribution is -2.64. The van der Waals surface area contributed by atoms with Gasteiger partial charge in [-0.25, -0.2) is 0 Å². The minimum atomic E-state index is -0.879. The second-order valence-electron chi connectivity index (χ2n) is 14.7. The number of hydrogen-bond acceptors (Lipinski definition) is 4. The van der Waals surface area contributed by atoms with E-state index in [1.807, 2.05) is 13.8 Å². The molecule has 0 aromatic heterocycles. The molecule has 5 aliphatic rings. The molecule has 10 atom stereocenters. The summed E-state index contributed by atoms with van der Waals surface area (Å²) < 4.78 is 6.56. The predicted molar refractivity (Wildman–Crippen MR) is 131 cm³/mol. The molecule has 1 aliphatic heterocycles. The summed E-state index contributed by atoms with van der Waals surface area (Å²) in [6.45, 7) is 15.4. The van der Waals surface area contributed by atoms with Crippen LogP contribution in [0.15, 0.2) is 0 Å². The maximum absolute atomic E-state index is 12.4. The van der Waals surface area contributed by atoms with Crippen LogP contribution in [-0.4, -0.2) is 44.3 Å². The Morgan fingerprint density at radius 3 is 2.09 bits per heavy atom. The third-order valence-corrected chi connectivity index (χ3v) is 12.8. The Bertz CT molecular complexity index is 787. The summed E-state index contributed by atoms with van der Waals surface area (Å²) in [5, 5.41) is 33.8. The lowest BCUT2D eigenvalue weighted by Gasteiger charge is -2.66. The van der Waals surface area contributed by atoms with Gasteiger partial charge in [0, 0.05) is 0 Å². The molecule has 33 heavy (non-hydrogen) atoms. The van der Waals surface area contributed by atoms with Gasteiger partial charge in [0.05, 0.1) is 29.0 Å². The molecule has 4 saturated carbocycles. The highest BCUT2D eigenvalue weighted by molar-refractivity contribution is 5.21. The van der Waals surface area contributed by atoms with Crippen LogP contribution in [0.3, 0.4) is 0 Å². The molecule has 3 N–H and O–H groups in total. The molecular weight excluding hydrogens is 412 g/mol. The van der Waals surface area contributed by atoms with E-state index in [4.69, 9.17) is 4.74 Å². The number of ether oxygens (including phenoxy) is 1. The molecule has 10 unspecified atom stereocenters. The summed E-state index contributed by atoms with van der Waals surface area (Å²) in [5.74, 6) is 2.25. The van der Waals surface area contributed by atoms with Crippen LogP contribution in [0.4, 0.5) is 0 Å². The van der Waals surface area contributed by atoms with Crippen LogP contribution in [0.1, 0.15) is 113 Å². The van der Waals surface area contributed by atoms with Gasteiger partial charge < -0.3 is 20.1 Å². The topological polar surface area (TPSA) is 69.9 Å². The third kappa shape index (κ3) is 3.09. The van der Waals surface area contributed by atoms with Crippen LogP contribution in [-0.2, 0) is 4.74 Å². The Morgan fingerprint density at radius 1 is 0.758 bits per heavy atom. The molecule has 0 radical (unpaired) electrons. The molecule has 0 amide bonds. The Labute approximate surface area is 201 Å². The molecule has 1 heterocycles. The normalized spacial score (nSPS) is 56.2. The Hall–Kier alpha value is -0.160. The van der Waals surface area contributed by atoms with Gasteiger partial charge in [0.1, 0.15) is 0 Å². The summed E-state index contributed by atoms with van der Waals surface area (Å²) in [4.78, 5) is 0. The highest BCUT2D eigenvalue weighted by Gasteiger charge is 2.72. The van der Waals surface area contributed by atoms with E-state index in [9.17, 15) is 15.3 Å². The van der Waals surface area contributed by atoms with Crippen molar-refractivity contribution >= 4 is 0 Å². The summed E-state index contributed by atoms with van der Waals surface area (Å²) in [7, 11) is 0. The van der Waals surface area contributed by atoms with Gasteiger partial charge >= 0.3 is 0 Å². The lowest BCUT2D eigenvalue weighted by atomic mass is 9.39. The fourth-order valence-electron chi connectivity index (χ4n) is 10.3. The Morgan fingerprint density at radius 2 is 1.45 bits per heavy atom. The van der Waals surface area contributed by atoms with Gasteiger partial charge in [-0.3, -0.25) is 0 Å². The largest absolute Gasteiger partial charge is 0.393 e. The molecule has 5 rings (SSSR count). The molecule has 1 saturated heterocycles. The number of hydrogen-bond donors (Lipinski definition) is 3. The second-order valence-corrected chi connectivity index (χ2v) is 14.7. The predicted octanol–water partition coefficient (Wildman–Crippen LogP) is 5.47. The van der Waals surface area contributed by atoms with Crippen molar-refractivity contribution in [2.24, 2.45) is 39.9 Å². The zero-order chi connectivity index (χ0) is 24.2. The van der Waals surface area contributed by atoms with Crippen LogP contribution in [0.25, 0.3) is 0 Å². The molecule has 4 heteroatoms. The molecule has 0 aromatic carbocycles. The van der Waals surface area contributed by atoms with E-state index in [0.29, 0.717) is 17.8 Å². The highest BCUT2D eigenvalue weighted by Crippen LogP contribution is 2.74. The second kappa shape index (κ2) is 7.20.